The van der Waals surface area contributed by atoms with E-state index in [-0.39, 0.29) is 18.5 Å². The van der Waals surface area contributed by atoms with Crippen LogP contribution in [0.25, 0.3) is 0 Å². The maximum absolute atomic E-state index is 12.0. The highest BCUT2D eigenvalue weighted by molar-refractivity contribution is 6.35. The molecule has 0 aliphatic carbocycles. The number of ether oxygens (including phenoxy) is 1. The van der Waals surface area contributed by atoms with Crippen LogP contribution in [0.2, 0.25) is 10.0 Å². The van der Waals surface area contributed by atoms with Crippen molar-refractivity contribution >= 4 is 34.8 Å². The van der Waals surface area contributed by atoms with Gasteiger partial charge in [-0.25, -0.2) is 0 Å². The molecule has 3 N–H and O–H groups in total. The molecule has 23 heavy (non-hydrogen) atoms. The Bertz CT molecular complexity index is 692. The number of anilines is 1. The average Bonchev–Trinajstić information content (AvgIpc) is 2.53. The maximum Gasteiger partial charge on any atom is 0.279 e. The molecule has 0 aliphatic heterocycles. The van der Waals surface area contributed by atoms with Gasteiger partial charge in [0, 0.05) is 22.3 Å². The standard InChI is InChI=1S/C17H18Cl2N2O2/c1-11(15-7-6-12(18)8-16(15)19)20-10-17(22)21-13-4-3-5-14(9-13)23-2/h3-9,11,20H,10H2,1-2H3,(H,21,22)/p+1/t11-/m1/s1. The van der Waals surface area contributed by atoms with Crippen LogP contribution < -0.4 is 15.4 Å². The number of carbonyl (C=O) groups is 1. The number of benzene rings is 2. The van der Waals surface area contributed by atoms with Crippen LogP contribution in [0.4, 0.5) is 5.69 Å². The molecule has 0 aliphatic rings. The number of methoxy groups -OCH3 is 1. The third kappa shape index (κ3) is 5.13. The lowest BCUT2D eigenvalue weighted by Gasteiger charge is -2.13. The highest BCUT2D eigenvalue weighted by Gasteiger charge is 2.15. The molecule has 2 aromatic rings. The van der Waals surface area contributed by atoms with Gasteiger partial charge in [0.1, 0.15) is 11.8 Å². The van der Waals surface area contributed by atoms with Crippen molar-refractivity contribution in [1.29, 1.82) is 0 Å². The van der Waals surface area contributed by atoms with Crippen LogP contribution in [0.5, 0.6) is 5.75 Å². The number of halogens is 2. The number of hydrogen-bond acceptors (Lipinski definition) is 2. The van der Waals surface area contributed by atoms with Crippen LogP contribution in [0.1, 0.15) is 18.5 Å². The summed E-state index contributed by atoms with van der Waals surface area (Å²) in [5, 5.41) is 5.97. The van der Waals surface area contributed by atoms with E-state index < -0.39 is 0 Å². The highest BCUT2D eigenvalue weighted by atomic mass is 35.5. The Labute approximate surface area is 145 Å². The summed E-state index contributed by atoms with van der Waals surface area (Å²) < 4.78 is 5.13. The van der Waals surface area contributed by atoms with Crippen LogP contribution in [-0.2, 0) is 4.79 Å². The summed E-state index contributed by atoms with van der Waals surface area (Å²) in [5.41, 5.74) is 1.66. The van der Waals surface area contributed by atoms with Crippen molar-refractivity contribution in [3.63, 3.8) is 0 Å². The number of hydrogen-bond donors (Lipinski definition) is 2. The largest absolute Gasteiger partial charge is 0.497 e. The summed E-state index contributed by atoms with van der Waals surface area (Å²) in [6.45, 7) is 2.28. The van der Waals surface area contributed by atoms with E-state index in [0.717, 1.165) is 5.56 Å². The van der Waals surface area contributed by atoms with Crippen molar-refractivity contribution in [2.24, 2.45) is 0 Å². The van der Waals surface area contributed by atoms with Crippen LogP contribution in [0, 0.1) is 0 Å². The molecule has 2 aromatic carbocycles. The fraction of sp³-hybridized carbons (Fsp3) is 0.235. The topological polar surface area (TPSA) is 54.9 Å². The monoisotopic (exact) mass is 353 g/mol. The zero-order valence-electron chi connectivity index (χ0n) is 13.0. The van der Waals surface area contributed by atoms with E-state index in [4.69, 9.17) is 27.9 Å². The molecule has 0 fully saturated rings. The van der Waals surface area contributed by atoms with Gasteiger partial charge in [-0.15, -0.1) is 0 Å². The minimum atomic E-state index is -0.0878. The number of nitrogens with two attached hydrogens (primary N) is 1. The van der Waals surface area contributed by atoms with Crippen LogP contribution >= 0.6 is 23.2 Å². The van der Waals surface area contributed by atoms with E-state index in [0.29, 0.717) is 21.5 Å². The lowest BCUT2D eigenvalue weighted by Crippen LogP contribution is -2.86. The third-order valence-corrected chi connectivity index (χ3v) is 4.03. The number of rotatable bonds is 6. The van der Waals surface area contributed by atoms with Gasteiger partial charge in [0.2, 0.25) is 0 Å². The van der Waals surface area contributed by atoms with Crippen molar-refractivity contribution in [2.45, 2.75) is 13.0 Å². The third-order valence-electron chi connectivity index (χ3n) is 3.46. The van der Waals surface area contributed by atoms with Crippen molar-refractivity contribution in [3.8, 4) is 5.75 Å². The number of amides is 1. The Balaban J connectivity index is 1.90. The Hall–Kier alpha value is -1.75. The molecule has 0 radical (unpaired) electrons. The first-order chi connectivity index (χ1) is 11.0. The molecule has 0 aromatic heterocycles. The molecule has 4 nitrogen and oxygen atoms in total. The van der Waals surface area contributed by atoms with E-state index in [1.807, 2.05) is 36.5 Å². The Morgan fingerprint density at radius 2 is 2.04 bits per heavy atom. The fourth-order valence-electron chi connectivity index (χ4n) is 2.19. The van der Waals surface area contributed by atoms with Crippen molar-refractivity contribution in [3.05, 3.63) is 58.1 Å². The lowest BCUT2D eigenvalue weighted by atomic mass is 10.1. The van der Waals surface area contributed by atoms with Crippen molar-refractivity contribution < 1.29 is 14.8 Å². The molecule has 1 amide bonds. The van der Waals surface area contributed by atoms with E-state index in [1.54, 1.807) is 25.3 Å². The fourth-order valence-corrected chi connectivity index (χ4v) is 2.78. The van der Waals surface area contributed by atoms with Crippen LogP contribution in [0.15, 0.2) is 42.5 Å². The first kappa shape index (κ1) is 17.6. The molecular weight excluding hydrogens is 335 g/mol. The quantitative estimate of drug-likeness (QED) is 0.837. The zero-order valence-corrected chi connectivity index (χ0v) is 14.5. The van der Waals surface area contributed by atoms with Gasteiger partial charge < -0.3 is 15.4 Å². The highest BCUT2D eigenvalue weighted by Crippen LogP contribution is 2.24. The smallest absolute Gasteiger partial charge is 0.279 e. The van der Waals surface area contributed by atoms with E-state index >= 15 is 0 Å². The summed E-state index contributed by atoms with van der Waals surface area (Å²) in [4.78, 5) is 12.0. The molecule has 0 unspecified atom stereocenters. The van der Waals surface area contributed by atoms with Gasteiger partial charge in [-0.05, 0) is 31.2 Å². The second kappa shape index (κ2) is 8.20. The van der Waals surface area contributed by atoms with Gasteiger partial charge in [-0.3, -0.25) is 4.79 Å². The summed E-state index contributed by atoms with van der Waals surface area (Å²) in [6, 6.07) is 12.7. The van der Waals surface area contributed by atoms with Gasteiger partial charge in [0.25, 0.3) is 5.91 Å². The predicted octanol–water partition coefficient (Wildman–Crippen LogP) is 3.27. The maximum atomic E-state index is 12.0. The van der Waals surface area contributed by atoms with Gasteiger partial charge in [0.05, 0.1) is 12.1 Å². The Kier molecular flexibility index (Phi) is 6.28. The molecule has 0 saturated carbocycles. The molecule has 1 atom stereocenters. The first-order valence-electron chi connectivity index (χ1n) is 7.22. The van der Waals surface area contributed by atoms with Gasteiger partial charge in [-0.2, -0.15) is 0 Å². The zero-order chi connectivity index (χ0) is 16.8. The summed E-state index contributed by atoms with van der Waals surface area (Å²) >= 11 is 12.1. The second-order valence-electron chi connectivity index (χ2n) is 5.17. The SMILES string of the molecule is COc1cccc(NC(=O)C[NH2+][C@H](C)c2ccc(Cl)cc2Cl)c1. The molecule has 0 bridgehead atoms. The Morgan fingerprint density at radius 3 is 2.74 bits per heavy atom. The molecule has 0 heterocycles. The predicted molar refractivity (Wildman–Crippen MR) is 93.3 cm³/mol. The van der Waals surface area contributed by atoms with Crippen molar-refractivity contribution in [1.82, 2.24) is 0 Å². The summed E-state index contributed by atoms with van der Waals surface area (Å²) in [5.74, 6) is 0.614. The van der Waals surface area contributed by atoms with E-state index in [9.17, 15) is 4.79 Å². The van der Waals surface area contributed by atoms with Gasteiger partial charge in [0.15, 0.2) is 6.54 Å². The number of nitrogens with one attached hydrogen (secondary N) is 1. The number of carbonyl (C=O) groups excluding carboxylic acids is 1. The molecule has 0 saturated heterocycles. The molecule has 0 spiro atoms. The van der Waals surface area contributed by atoms with Crippen LogP contribution in [-0.4, -0.2) is 19.6 Å². The van der Waals surface area contributed by atoms with Crippen LogP contribution in [0.3, 0.4) is 0 Å². The first-order valence-corrected chi connectivity index (χ1v) is 7.97. The summed E-state index contributed by atoms with van der Waals surface area (Å²) in [6.07, 6.45) is 0. The summed E-state index contributed by atoms with van der Waals surface area (Å²) in [7, 11) is 1.59. The number of quaternary nitrogens is 1. The normalized spacial score (nSPS) is 11.8. The second-order valence-corrected chi connectivity index (χ2v) is 6.02. The van der Waals surface area contributed by atoms with Gasteiger partial charge >= 0.3 is 0 Å². The molecule has 2 rings (SSSR count). The lowest BCUT2D eigenvalue weighted by molar-refractivity contribution is -0.682. The minimum Gasteiger partial charge on any atom is -0.497 e. The van der Waals surface area contributed by atoms with E-state index in [2.05, 4.69) is 5.32 Å². The van der Waals surface area contributed by atoms with Gasteiger partial charge in [-0.1, -0.05) is 35.3 Å². The minimum absolute atomic E-state index is 0.0517. The average molecular weight is 354 g/mol. The van der Waals surface area contributed by atoms with E-state index in [1.165, 1.54) is 0 Å². The Morgan fingerprint density at radius 1 is 1.26 bits per heavy atom. The molecule has 6 heteroatoms. The molecular formula is C17H19Cl2N2O2+. The molecule has 122 valence electrons. The van der Waals surface area contributed by atoms with Crippen molar-refractivity contribution in [2.75, 3.05) is 19.0 Å².